The van der Waals surface area contributed by atoms with E-state index >= 15 is 0 Å². The topological polar surface area (TPSA) is 145 Å². The quantitative estimate of drug-likeness (QED) is 0.172. The average Bonchev–Trinajstić information content (AvgIpc) is 3.83. The molecule has 0 radical (unpaired) electrons. The average molecular weight is 785 g/mol. The molecule has 3 aliphatic heterocycles. The molecule has 7 atom stereocenters. The zero-order valence-electron chi connectivity index (χ0n) is 31.9. The predicted molar refractivity (Wildman–Crippen MR) is 207 cm³/mol. The molecule has 0 aliphatic carbocycles. The number of esters is 1. The number of amides is 2. The van der Waals surface area contributed by atoms with E-state index in [2.05, 4.69) is 11.9 Å². The van der Waals surface area contributed by atoms with Crippen LogP contribution < -0.4 is 19.7 Å². The molecule has 3 heterocycles. The van der Waals surface area contributed by atoms with E-state index in [0.29, 0.717) is 23.6 Å². The fourth-order valence-corrected chi connectivity index (χ4v) is 8.09. The summed E-state index contributed by atoms with van der Waals surface area (Å²) in [5.74, 6) is -0.558. The van der Waals surface area contributed by atoms with Gasteiger partial charge in [0.1, 0.15) is 40.4 Å². The first-order valence-electron chi connectivity index (χ1n) is 17.6. The molecule has 0 unspecified atom stereocenters. The van der Waals surface area contributed by atoms with Crippen molar-refractivity contribution < 1.29 is 47.9 Å². The van der Waals surface area contributed by atoms with Crippen molar-refractivity contribution in [2.24, 2.45) is 5.92 Å². The van der Waals surface area contributed by atoms with Crippen molar-refractivity contribution in [2.75, 3.05) is 39.0 Å². The number of aliphatic hydroxyl groups is 1. The summed E-state index contributed by atoms with van der Waals surface area (Å²) in [5, 5.41) is 14.5. The van der Waals surface area contributed by atoms with Gasteiger partial charge in [-0.1, -0.05) is 60.5 Å². The highest BCUT2D eigenvalue weighted by atomic mass is 35.5. The Morgan fingerprint density at radius 3 is 2.56 bits per heavy atom. The SMILES string of the molecule is C=C(C)c1ccc(SCC(=O)O[C@H]2CC(=O)N(C)c3cc(cc(OC)c3Cl)C/C(C)=C/C=C/[C@@H](OC)[C@@]3(O)C[C@H](OC(=O)N3)[C@@H](C)[C@@H]3O[C@@]23C)c(OC)c1. The van der Waals surface area contributed by atoms with Crippen LogP contribution in [0.4, 0.5) is 10.5 Å². The van der Waals surface area contributed by atoms with Crippen molar-refractivity contribution in [1.82, 2.24) is 5.32 Å². The third-order valence-electron chi connectivity index (χ3n) is 10.2. The Hall–Kier alpha value is -4.01. The fourth-order valence-electron chi connectivity index (χ4n) is 6.99. The van der Waals surface area contributed by atoms with Crippen LogP contribution in [0, 0.1) is 5.92 Å². The molecule has 12 nitrogen and oxygen atoms in total. The zero-order chi connectivity index (χ0) is 39.5. The number of hydrogen-bond donors (Lipinski definition) is 2. The van der Waals surface area contributed by atoms with Crippen molar-refractivity contribution in [3.05, 3.63) is 76.9 Å². The van der Waals surface area contributed by atoms with Crippen LogP contribution in [-0.2, 0) is 35.0 Å². The van der Waals surface area contributed by atoms with E-state index in [1.165, 1.54) is 30.9 Å². The Bertz CT molecular complexity index is 1850. The summed E-state index contributed by atoms with van der Waals surface area (Å²) < 4.78 is 34.9. The molecule has 0 spiro atoms. The minimum Gasteiger partial charge on any atom is -0.496 e. The summed E-state index contributed by atoms with van der Waals surface area (Å²) in [5.41, 5.74) is 1.01. The lowest BCUT2D eigenvalue weighted by Crippen LogP contribution is -2.63. The molecule has 14 heteroatoms. The number of carbonyl (C=O) groups is 3. The number of rotatable bonds is 8. The van der Waals surface area contributed by atoms with Crippen molar-refractivity contribution in [1.29, 1.82) is 0 Å². The second-order valence-corrected chi connectivity index (χ2v) is 15.6. The van der Waals surface area contributed by atoms with Gasteiger partial charge in [-0.2, -0.15) is 0 Å². The number of alkyl carbamates (subject to hydrolysis) is 1. The number of carbonyl (C=O) groups excluding carboxylic acids is 3. The summed E-state index contributed by atoms with van der Waals surface area (Å²) in [4.78, 5) is 42.7. The van der Waals surface area contributed by atoms with E-state index in [0.717, 1.165) is 27.2 Å². The summed E-state index contributed by atoms with van der Waals surface area (Å²) in [6.07, 6.45) is 1.27. The summed E-state index contributed by atoms with van der Waals surface area (Å²) in [7, 11) is 6.11. The number of epoxide rings is 1. The second-order valence-electron chi connectivity index (χ2n) is 14.2. The number of ether oxygens (including phenoxy) is 6. The van der Waals surface area contributed by atoms with Crippen LogP contribution in [-0.4, -0.2) is 92.9 Å². The Morgan fingerprint density at radius 1 is 1.17 bits per heavy atom. The number of hydrogen-bond acceptors (Lipinski definition) is 11. The molecule has 3 aliphatic rings. The standard InChI is InChI=1S/C40H49ClN2O10S/c1-22(2)26-13-14-31(28(18-26)48-7)54-21-35(45)52-33-19-34(44)43(6)27-16-25(17-29(49-8)36(27)41)15-23(3)11-10-12-32(50-9)40(47)20-30(51-38(46)42-40)24(4)37-39(33,5)53-37/h10-14,16-18,24,30,32-33,37,47H,1,15,19-21H2,2-9H3,(H,42,46)/b12-10+,23-11+/t24-,30+,32-,33+,37+,39+,40+/m1/s1. The van der Waals surface area contributed by atoms with Gasteiger partial charge in [0.15, 0.2) is 5.72 Å². The predicted octanol–water partition coefficient (Wildman–Crippen LogP) is 6.50. The largest absolute Gasteiger partial charge is 0.496 e. The van der Waals surface area contributed by atoms with Crippen molar-refractivity contribution >= 4 is 52.6 Å². The Kier molecular flexibility index (Phi) is 12.8. The minimum atomic E-state index is -1.81. The number of nitrogens with one attached hydrogen (secondary N) is 1. The van der Waals surface area contributed by atoms with Crippen LogP contribution in [0.25, 0.3) is 5.57 Å². The zero-order valence-corrected chi connectivity index (χ0v) is 33.5. The fraction of sp³-hybridized carbons (Fsp3) is 0.475. The minimum absolute atomic E-state index is 0.0275. The number of nitrogens with zero attached hydrogens (tertiary/aromatic N) is 1. The van der Waals surface area contributed by atoms with Crippen LogP contribution in [0.5, 0.6) is 11.5 Å². The highest BCUT2D eigenvalue weighted by molar-refractivity contribution is 8.00. The summed E-state index contributed by atoms with van der Waals surface area (Å²) in [6, 6.07) is 9.24. The lowest BCUT2D eigenvalue weighted by Gasteiger charge is -2.42. The number of fused-ring (bicyclic) bond motifs is 5. The molecule has 54 heavy (non-hydrogen) atoms. The number of methoxy groups -OCH3 is 3. The summed E-state index contributed by atoms with van der Waals surface area (Å²) >= 11 is 8.01. The molecular weight excluding hydrogens is 736 g/mol. The van der Waals surface area contributed by atoms with Gasteiger partial charge in [0.25, 0.3) is 0 Å². The van der Waals surface area contributed by atoms with Gasteiger partial charge in [-0.25, -0.2) is 4.79 Å². The Labute approximate surface area is 325 Å². The first kappa shape index (κ1) is 41.2. The number of halogens is 1. The van der Waals surface area contributed by atoms with Crippen molar-refractivity contribution in [3.8, 4) is 11.5 Å². The van der Waals surface area contributed by atoms with Crippen LogP contribution in [0.3, 0.4) is 0 Å². The van der Waals surface area contributed by atoms with Gasteiger partial charge < -0.3 is 38.4 Å². The highest BCUT2D eigenvalue weighted by Crippen LogP contribution is 2.49. The lowest BCUT2D eigenvalue weighted by atomic mass is 9.83. The molecule has 2 aromatic carbocycles. The molecule has 2 N–H and O–H groups in total. The number of allylic oxidation sites excluding steroid dienone is 4. The van der Waals surface area contributed by atoms with E-state index in [1.807, 2.05) is 51.1 Å². The second kappa shape index (κ2) is 16.8. The van der Waals surface area contributed by atoms with Crippen LogP contribution in [0.2, 0.25) is 5.02 Å². The van der Waals surface area contributed by atoms with Crippen molar-refractivity contribution in [3.63, 3.8) is 0 Å². The first-order chi connectivity index (χ1) is 25.5. The van der Waals surface area contributed by atoms with Crippen molar-refractivity contribution in [2.45, 2.75) is 87.6 Å². The first-order valence-corrected chi connectivity index (χ1v) is 18.9. The lowest BCUT2D eigenvalue weighted by molar-refractivity contribution is -0.150. The van der Waals surface area contributed by atoms with Crippen LogP contribution >= 0.6 is 23.4 Å². The molecule has 2 aromatic rings. The van der Waals surface area contributed by atoms with Gasteiger partial charge in [-0.3, -0.25) is 14.9 Å². The highest BCUT2D eigenvalue weighted by Gasteiger charge is 2.64. The van der Waals surface area contributed by atoms with E-state index in [4.69, 9.17) is 40.0 Å². The molecule has 2 fully saturated rings. The normalized spacial score (nSPS) is 30.1. The van der Waals surface area contributed by atoms with Gasteiger partial charge in [0, 0.05) is 31.4 Å². The molecule has 0 aromatic heterocycles. The van der Waals surface area contributed by atoms with Gasteiger partial charge >= 0.3 is 12.1 Å². The maximum Gasteiger partial charge on any atom is 0.409 e. The van der Waals surface area contributed by atoms with Gasteiger partial charge in [-0.05, 0) is 62.6 Å². The van der Waals surface area contributed by atoms with Gasteiger partial charge in [0.2, 0.25) is 5.91 Å². The Balaban J connectivity index is 1.50. The molecule has 0 saturated carbocycles. The smallest absolute Gasteiger partial charge is 0.409 e. The maximum atomic E-state index is 14.1. The molecule has 292 valence electrons. The molecule has 4 bridgehead atoms. The molecule has 2 saturated heterocycles. The molecular formula is C40H49ClN2O10S. The Morgan fingerprint density at radius 2 is 1.89 bits per heavy atom. The summed E-state index contributed by atoms with van der Waals surface area (Å²) in [6.45, 7) is 11.4. The van der Waals surface area contributed by atoms with Gasteiger partial charge in [-0.15, -0.1) is 11.8 Å². The van der Waals surface area contributed by atoms with E-state index in [-0.39, 0.29) is 29.5 Å². The third-order valence-corrected chi connectivity index (χ3v) is 11.6. The number of benzene rings is 2. The van der Waals surface area contributed by atoms with Crippen LogP contribution in [0.15, 0.2) is 65.6 Å². The van der Waals surface area contributed by atoms with E-state index < -0.39 is 53.7 Å². The van der Waals surface area contributed by atoms with E-state index in [1.54, 1.807) is 39.3 Å². The molecule has 2 amide bonds. The monoisotopic (exact) mass is 784 g/mol. The maximum absolute atomic E-state index is 14.1. The number of thioether (sulfide) groups is 1. The van der Waals surface area contributed by atoms with E-state index in [9.17, 15) is 19.5 Å². The van der Waals surface area contributed by atoms with Crippen LogP contribution in [0.1, 0.15) is 51.7 Å². The van der Waals surface area contributed by atoms with Gasteiger partial charge in [0.05, 0.1) is 38.2 Å². The molecule has 5 rings (SSSR count). The third kappa shape index (κ3) is 8.92. The number of anilines is 1.